The topological polar surface area (TPSA) is 0 Å². The van der Waals surface area contributed by atoms with E-state index >= 15 is 0 Å². The summed E-state index contributed by atoms with van der Waals surface area (Å²) in [5.41, 5.74) is 1.88. The second-order valence-corrected chi connectivity index (χ2v) is 5.18. The Balaban J connectivity index is 3.12. The molecule has 0 N–H and O–H groups in total. The van der Waals surface area contributed by atoms with Crippen molar-refractivity contribution in [3.8, 4) is 24.7 Å². The molecule has 0 aliphatic carbocycles. The zero-order valence-corrected chi connectivity index (χ0v) is 12.3. The zero-order valence-electron chi connectivity index (χ0n) is 12.3. The molecule has 0 unspecified atom stereocenters. The molecule has 0 aromatic heterocycles. The first-order valence-corrected chi connectivity index (χ1v) is 7.49. The molecule has 0 heterocycles. The number of terminal acetylenes is 2. The lowest BCUT2D eigenvalue weighted by Gasteiger charge is -2.02. The molecule has 0 aliphatic heterocycles. The third-order valence-electron chi connectivity index (χ3n) is 3.37. The van der Waals surface area contributed by atoms with Gasteiger partial charge >= 0.3 is 0 Å². The highest BCUT2D eigenvalue weighted by molar-refractivity contribution is 5.21. The lowest BCUT2D eigenvalue weighted by molar-refractivity contribution is 0.559. The van der Waals surface area contributed by atoms with Gasteiger partial charge in [0.05, 0.1) is 0 Å². The van der Waals surface area contributed by atoms with Crippen LogP contribution in [0.2, 0.25) is 0 Å². The first-order chi connectivity index (χ1) is 9.20. The molecule has 0 radical (unpaired) electrons. The van der Waals surface area contributed by atoms with Crippen LogP contribution in [0.1, 0.15) is 70.6 Å². The van der Waals surface area contributed by atoms with Crippen LogP contribution in [0.25, 0.3) is 0 Å². The molecule has 0 aromatic carbocycles. The molecule has 0 fully saturated rings. The zero-order chi connectivity index (χ0) is 14.3. The van der Waals surface area contributed by atoms with Gasteiger partial charge in [-0.05, 0) is 36.8 Å². The maximum Gasteiger partial charge on any atom is -0.00542 e. The minimum Gasteiger partial charge on any atom is -0.115 e. The van der Waals surface area contributed by atoms with Crippen molar-refractivity contribution < 1.29 is 0 Å². The lowest BCUT2D eigenvalue weighted by atomic mass is 10.0. The van der Waals surface area contributed by atoms with Crippen LogP contribution in [0, 0.1) is 24.7 Å². The van der Waals surface area contributed by atoms with Crippen molar-refractivity contribution in [3.05, 3.63) is 24.3 Å². The van der Waals surface area contributed by atoms with Crippen molar-refractivity contribution in [1.82, 2.24) is 0 Å². The predicted molar refractivity (Wildman–Crippen MR) is 86.7 cm³/mol. The Morgan fingerprint density at radius 3 is 1.11 bits per heavy atom. The van der Waals surface area contributed by atoms with Gasteiger partial charge in [-0.15, -0.1) is 12.8 Å². The molecule has 0 heteroatoms. The Kier molecular flexibility index (Phi) is 12.1. The van der Waals surface area contributed by atoms with Crippen molar-refractivity contribution in [2.45, 2.75) is 70.6 Å². The molecular weight excluding hydrogens is 228 g/mol. The summed E-state index contributed by atoms with van der Waals surface area (Å²) in [6.07, 6.45) is 24.1. The molecule has 0 saturated carbocycles. The first kappa shape index (κ1) is 17.6. The summed E-state index contributed by atoms with van der Waals surface area (Å²) in [5, 5.41) is 0. The van der Waals surface area contributed by atoms with E-state index in [2.05, 4.69) is 25.0 Å². The smallest absolute Gasteiger partial charge is 0.00542 e. The van der Waals surface area contributed by atoms with Gasteiger partial charge in [-0.25, -0.2) is 0 Å². The average molecular weight is 256 g/mol. The van der Waals surface area contributed by atoms with Gasteiger partial charge in [0.1, 0.15) is 0 Å². The third-order valence-corrected chi connectivity index (χ3v) is 3.37. The molecule has 0 aromatic rings. The van der Waals surface area contributed by atoms with E-state index in [9.17, 15) is 0 Å². The number of hydrogen-bond donors (Lipinski definition) is 0. The Labute approximate surface area is 120 Å². The van der Waals surface area contributed by atoms with Crippen LogP contribution in [0.3, 0.4) is 0 Å². The highest BCUT2D eigenvalue weighted by atomic mass is 14.0. The molecule has 0 rings (SSSR count). The van der Waals surface area contributed by atoms with E-state index in [1.54, 1.807) is 0 Å². The second-order valence-electron chi connectivity index (χ2n) is 5.18. The maximum absolute atomic E-state index is 5.25. The lowest BCUT2D eigenvalue weighted by Crippen LogP contribution is -1.84. The van der Waals surface area contributed by atoms with Crippen LogP contribution in [0.5, 0.6) is 0 Å². The Morgan fingerprint density at radius 2 is 0.842 bits per heavy atom. The van der Waals surface area contributed by atoms with E-state index in [0.717, 1.165) is 24.0 Å². The molecule has 0 atom stereocenters. The minimum absolute atomic E-state index is 0.938. The molecule has 0 amide bonds. The predicted octanol–water partition coefficient (Wildman–Crippen LogP) is 5.66. The summed E-state index contributed by atoms with van der Waals surface area (Å²) in [4.78, 5) is 0. The van der Waals surface area contributed by atoms with Gasteiger partial charge in [0.15, 0.2) is 0 Å². The standard InChI is InChI=1S/C19H28/c1-5-18(3)16-14-12-10-8-7-9-11-13-15-17-19(4)6-2/h1-2H,3-4,7-17H2. The van der Waals surface area contributed by atoms with E-state index in [-0.39, 0.29) is 0 Å². The summed E-state index contributed by atoms with van der Waals surface area (Å²) in [6, 6.07) is 0. The van der Waals surface area contributed by atoms with Gasteiger partial charge in [0.25, 0.3) is 0 Å². The van der Waals surface area contributed by atoms with Crippen LogP contribution < -0.4 is 0 Å². The van der Waals surface area contributed by atoms with Crippen LogP contribution in [-0.4, -0.2) is 0 Å². The highest BCUT2D eigenvalue weighted by Crippen LogP contribution is 2.13. The van der Waals surface area contributed by atoms with Crippen LogP contribution in [0.15, 0.2) is 24.3 Å². The minimum atomic E-state index is 0.938. The number of allylic oxidation sites excluding steroid dienone is 2. The van der Waals surface area contributed by atoms with Crippen LogP contribution >= 0.6 is 0 Å². The van der Waals surface area contributed by atoms with Gasteiger partial charge in [-0.3, -0.25) is 0 Å². The molecule has 19 heavy (non-hydrogen) atoms. The van der Waals surface area contributed by atoms with Crippen molar-refractivity contribution in [1.29, 1.82) is 0 Å². The highest BCUT2D eigenvalue weighted by Gasteiger charge is 1.94. The quantitative estimate of drug-likeness (QED) is 0.312. The van der Waals surface area contributed by atoms with E-state index in [1.807, 2.05) is 0 Å². The molecule has 0 aliphatic rings. The first-order valence-electron chi connectivity index (χ1n) is 7.49. The maximum atomic E-state index is 5.25. The summed E-state index contributed by atoms with van der Waals surface area (Å²) in [5.74, 6) is 5.19. The average Bonchev–Trinajstić information content (AvgIpc) is 2.43. The Hall–Kier alpha value is -1.40. The largest absolute Gasteiger partial charge is 0.115 e. The van der Waals surface area contributed by atoms with Crippen molar-refractivity contribution in [3.63, 3.8) is 0 Å². The normalized spacial score (nSPS) is 9.58. The van der Waals surface area contributed by atoms with Gasteiger partial charge in [-0.2, -0.15) is 0 Å². The summed E-state index contributed by atoms with van der Waals surface area (Å²) < 4.78 is 0. The van der Waals surface area contributed by atoms with Gasteiger partial charge in [0.2, 0.25) is 0 Å². The summed E-state index contributed by atoms with van der Waals surface area (Å²) in [7, 11) is 0. The monoisotopic (exact) mass is 256 g/mol. The van der Waals surface area contributed by atoms with E-state index in [1.165, 1.54) is 57.8 Å². The van der Waals surface area contributed by atoms with Crippen LogP contribution in [-0.2, 0) is 0 Å². The molecule has 0 saturated heterocycles. The fraction of sp³-hybridized carbons (Fsp3) is 0.579. The molecule has 0 spiro atoms. The van der Waals surface area contributed by atoms with Crippen molar-refractivity contribution in [2.24, 2.45) is 0 Å². The summed E-state index contributed by atoms with van der Waals surface area (Å²) >= 11 is 0. The molecular formula is C19H28. The van der Waals surface area contributed by atoms with E-state index < -0.39 is 0 Å². The molecule has 104 valence electrons. The number of unbranched alkanes of at least 4 members (excludes halogenated alkanes) is 8. The Bertz CT molecular complexity index is 298. The summed E-state index contributed by atoms with van der Waals surface area (Å²) in [6.45, 7) is 7.63. The Morgan fingerprint density at radius 1 is 0.579 bits per heavy atom. The second kappa shape index (κ2) is 13.0. The molecule has 0 bridgehead atoms. The van der Waals surface area contributed by atoms with Gasteiger partial charge < -0.3 is 0 Å². The van der Waals surface area contributed by atoms with E-state index in [4.69, 9.17) is 12.8 Å². The van der Waals surface area contributed by atoms with Crippen molar-refractivity contribution >= 4 is 0 Å². The van der Waals surface area contributed by atoms with Gasteiger partial charge in [-0.1, -0.05) is 69.9 Å². The fourth-order valence-electron chi connectivity index (χ4n) is 2.06. The SMILES string of the molecule is C#CC(=C)CCCCCCCCCCCC(=C)C#C. The molecule has 0 nitrogen and oxygen atoms in total. The fourth-order valence-corrected chi connectivity index (χ4v) is 2.06. The van der Waals surface area contributed by atoms with Crippen LogP contribution in [0.4, 0.5) is 0 Å². The van der Waals surface area contributed by atoms with Crippen molar-refractivity contribution in [2.75, 3.05) is 0 Å². The third kappa shape index (κ3) is 12.8. The van der Waals surface area contributed by atoms with E-state index in [0.29, 0.717) is 0 Å². The number of hydrogen-bond acceptors (Lipinski definition) is 0. The van der Waals surface area contributed by atoms with Gasteiger partial charge in [0, 0.05) is 0 Å². The number of rotatable bonds is 12.